The van der Waals surface area contributed by atoms with Crippen molar-refractivity contribution in [3.63, 3.8) is 0 Å². The van der Waals surface area contributed by atoms with E-state index >= 15 is 0 Å². The maximum absolute atomic E-state index is 14.9. The summed E-state index contributed by atoms with van der Waals surface area (Å²) >= 11 is 0.805. The lowest BCUT2D eigenvalue weighted by molar-refractivity contribution is 0.105. The molecule has 1 aliphatic heterocycles. The molecule has 0 saturated carbocycles. The van der Waals surface area contributed by atoms with Gasteiger partial charge in [-0.3, -0.25) is 9.62 Å². The fraction of sp³-hybridized carbons (Fsp3) is 0.333. The Labute approximate surface area is 184 Å². The Bertz CT molecular complexity index is 1140. The zero-order chi connectivity index (χ0) is 22.0. The summed E-state index contributed by atoms with van der Waals surface area (Å²) in [6, 6.07) is 11.8. The highest BCUT2D eigenvalue weighted by atomic mass is 32.2. The molecule has 1 aliphatic rings. The van der Waals surface area contributed by atoms with Gasteiger partial charge < -0.3 is 0 Å². The lowest BCUT2D eigenvalue weighted by atomic mass is 9.89. The van der Waals surface area contributed by atoms with Crippen molar-refractivity contribution in [1.82, 2.24) is 14.3 Å². The van der Waals surface area contributed by atoms with Crippen molar-refractivity contribution in [2.24, 2.45) is 5.92 Å². The first-order valence-corrected chi connectivity index (χ1v) is 12.2. The molecule has 1 saturated heterocycles. The molecule has 0 radical (unpaired) electrons. The van der Waals surface area contributed by atoms with E-state index in [0.717, 1.165) is 48.6 Å². The molecule has 4 rings (SSSR count). The molecule has 0 unspecified atom stereocenters. The van der Waals surface area contributed by atoms with Gasteiger partial charge in [0.2, 0.25) is 5.13 Å². The van der Waals surface area contributed by atoms with Crippen LogP contribution in [0.5, 0.6) is 0 Å². The first-order valence-electron chi connectivity index (χ1n) is 9.90. The van der Waals surface area contributed by atoms with Crippen molar-refractivity contribution >= 4 is 26.7 Å². The van der Waals surface area contributed by atoms with Gasteiger partial charge in [-0.15, -0.1) is 0 Å². The van der Waals surface area contributed by atoms with E-state index in [0.29, 0.717) is 5.92 Å². The number of nitrogens with one attached hydrogen (secondary N) is 1. The maximum Gasteiger partial charge on any atom is 0.266 e. The number of hydrogen-bond acceptors (Lipinski definition) is 6. The number of benzene rings is 2. The standard InChI is InChI=1S/C21H22F2N4O2S2/c1-14-7-8-19(15-5-3-2-4-6-15)27(11-14)12-16-9-18(23)20(10-17(16)22)31(28,29)26-21-24-13-25-30-21/h2-6,9-10,13-14,19H,7-8,11-12H2,1H3,(H,24,25,26)/t14-,19-/m0/s1. The quantitative estimate of drug-likeness (QED) is 0.578. The van der Waals surface area contributed by atoms with Crippen molar-refractivity contribution in [2.75, 3.05) is 11.3 Å². The Morgan fingerprint density at radius 3 is 2.65 bits per heavy atom. The zero-order valence-electron chi connectivity index (χ0n) is 16.8. The van der Waals surface area contributed by atoms with E-state index in [4.69, 9.17) is 0 Å². The van der Waals surface area contributed by atoms with Gasteiger partial charge in [0.25, 0.3) is 10.0 Å². The zero-order valence-corrected chi connectivity index (χ0v) is 18.5. The van der Waals surface area contributed by atoms with Crippen LogP contribution in [0.15, 0.2) is 53.7 Å². The highest BCUT2D eigenvalue weighted by Gasteiger charge is 2.29. The average molecular weight is 465 g/mol. The van der Waals surface area contributed by atoms with Crippen molar-refractivity contribution in [3.05, 3.63) is 71.6 Å². The molecule has 164 valence electrons. The number of hydrogen-bond donors (Lipinski definition) is 1. The lowest BCUT2D eigenvalue weighted by Gasteiger charge is -2.39. The van der Waals surface area contributed by atoms with Crippen LogP contribution >= 0.6 is 11.5 Å². The summed E-state index contributed by atoms with van der Waals surface area (Å²) in [4.78, 5) is 5.09. The van der Waals surface area contributed by atoms with E-state index in [1.807, 2.05) is 30.3 Å². The van der Waals surface area contributed by atoms with Gasteiger partial charge >= 0.3 is 0 Å². The van der Waals surface area contributed by atoms with Gasteiger partial charge in [-0.25, -0.2) is 22.2 Å². The summed E-state index contributed by atoms with van der Waals surface area (Å²) in [7, 11) is -4.32. The topological polar surface area (TPSA) is 75.2 Å². The SMILES string of the molecule is C[C@H]1CC[C@@H](c2ccccc2)N(Cc2cc(F)c(S(=O)(=O)Nc3ncns3)cc2F)C1. The number of aromatic nitrogens is 2. The van der Waals surface area contributed by atoms with Crippen LogP contribution in [0.3, 0.4) is 0 Å². The van der Waals surface area contributed by atoms with Crippen LogP contribution in [0.25, 0.3) is 0 Å². The fourth-order valence-electron chi connectivity index (χ4n) is 3.97. The molecule has 0 aliphatic carbocycles. The average Bonchev–Trinajstić information content (AvgIpc) is 3.23. The molecular weight excluding hydrogens is 442 g/mol. The van der Waals surface area contributed by atoms with Crippen molar-refractivity contribution in [3.8, 4) is 0 Å². The molecule has 1 aromatic heterocycles. The van der Waals surface area contributed by atoms with E-state index in [9.17, 15) is 17.2 Å². The van der Waals surface area contributed by atoms with Crippen LogP contribution in [0.1, 0.15) is 36.9 Å². The van der Waals surface area contributed by atoms with Crippen molar-refractivity contribution < 1.29 is 17.2 Å². The van der Waals surface area contributed by atoms with Gasteiger partial charge in [-0.05, 0) is 36.5 Å². The second-order valence-electron chi connectivity index (χ2n) is 7.76. The number of halogens is 2. The smallest absolute Gasteiger partial charge is 0.266 e. The van der Waals surface area contributed by atoms with Gasteiger partial charge in [-0.1, -0.05) is 37.3 Å². The molecule has 3 aromatic rings. The number of piperidine rings is 1. The van der Waals surface area contributed by atoms with Crippen LogP contribution in [0, 0.1) is 17.6 Å². The van der Waals surface area contributed by atoms with Gasteiger partial charge in [0.15, 0.2) is 0 Å². The Hall–Kier alpha value is -2.43. The molecule has 0 amide bonds. The molecule has 1 N–H and O–H groups in total. The van der Waals surface area contributed by atoms with E-state index in [2.05, 4.69) is 25.9 Å². The molecule has 0 bridgehead atoms. The fourth-order valence-corrected chi connectivity index (χ4v) is 5.71. The molecular formula is C21H22F2N4O2S2. The summed E-state index contributed by atoms with van der Waals surface area (Å²) in [5.74, 6) is -1.33. The highest BCUT2D eigenvalue weighted by Crippen LogP contribution is 2.35. The number of rotatable bonds is 6. The highest BCUT2D eigenvalue weighted by molar-refractivity contribution is 7.93. The molecule has 10 heteroatoms. The largest absolute Gasteiger partial charge is 0.292 e. The van der Waals surface area contributed by atoms with Crippen LogP contribution in [-0.4, -0.2) is 29.2 Å². The first-order chi connectivity index (χ1) is 14.8. The third-order valence-electron chi connectivity index (χ3n) is 5.45. The predicted octanol–water partition coefficient (Wildman–Crippen LogP) is 4.59. The minimum absolute atomic E-state index is 0.0168. The third kappa shape index (κ3) is 4.91. The molecule has 2 aromatic carbocycles. The lowest BCUT2D eigenvalue weighted by Crippen LogP contribution is -2.37. The summed E-state index contributed by atoms with van der Waals surface area (Å²) in [5, 5.41) is -0.0168. The summed E-state index contributed by atoms with van der Waals surface area (Å²) in [6.07, 6.45) is 3.15. The molecule has 0 spiro atoms. The van der Waals surface area contributed by atoms with Gasteiger partial charge in [0.05, 0.1) is 0 Å². The van der Waals surface area contributed by atoms with Crippen LogP contribution in [0.4, 0.5) is 13.9 Å². The Morgan fingerprint density at radius 2 is 1.94 bits per heavy atom. The maximum atomic E-state index is 14.9. The van der Waals surface area contributed by atoms with E-state index in [1.165, 1.54) is 6.33 Å². The number of anilines is 1. The Morgan fingerprint density at radius 1 is 1.16 bits per heavy atom. The molecule has 1 fully saturated rings. The monoisotopic (exact) mass is 464 g/mol. The minimum Gasteiger partial charge on any atom is -0.292 e. The van der Waals surface area contributed by atoms with E-state index in [1.54, 1.807) is 0 Å². The number of nitrogens with zero attached hydrogens (tertiary/aromatic N) is 3. The third-order valence-corrected chi connectivity index (χ3v) is 7.51. The van der Waals surface area contributed by atoms with Crippen LogP contribution < -0.4 is 4.72 Å². The predicted molar refractivity (Wildman–Crippen MR) is 115 cm³/mol. The molecule has 2 heterocycles. The Kier molecular flexibility index (Phi) is 6.31. The van der Waals surface area contributed by atoms with E-state index < -0.39 is 26.6 Å². The molecule has 6 nitrogen and oxygen atoms in total. The van der Waals surface area contributed by atoms with Crippen molar-refractivity contribution in [2.45, 2.75) is 37.2 Å². The second kappa shape index (κ2) is 8.97. The Balaban J connectivity index is 1.60. The van der Waals surface area contributed by atoms with E-state index in [-0.39, 0.29) is 23.3 Å². The van der Waals surface area contributed by atoms with Crippen LogP contribution in [-0.2, 0) is 16.6 Å². The number of likely N-dealkylation sites (tertiary alicyclic amines) is 1. The van der Waals surface area contributed by atoms with Crippen molar-refractivity contribution in [1.29, 1.82) is 0 Å². The molecule has 31 heavy (non-hydrogen) atoms. The minimum atomic E-state index is -4.32. The van der Waals surface area contributed by atoms with Gasteiger partial charge in [0.1, 0.15) is 22.9 Å². The second-order valence-corrected chi connectivity index (χ2v) is 10.2. The number of sulfonamides is 1. The molecule has 2 atom stereocenters. The summed E-state index contributed by atoms with van der Waals surface area (Å²) in [6.45, 7) is 3.08. The summed E-state index contributed by atoms with van der Waals surface area (Å²) in [5.41, 5.74) is 1.26. The van der Waals surface area contributed by atoms with Gasteiger partial charge in [0, 0.05) is 36.2 Å². The van der Waals surface area contributed by atoms with Gasteiger partial charge in [-0.2, -0.15) is 4.37 Å². The first kappa shape index (κ1) is 21.8. The van der Waals surface area contributed by atoms with Crippen LogP contribution in [0.2, 0.25) is 0 Å². The normalized spacial score (nSPS) is 20.0. The summed E-state index contributed by atoms with van der Waals surface area (Å²) < 4.78 is 60.4.